The van der Waals surface area contributed by atoms with Gasteiger partial charge in [0.2, 0.25) is 5.95 Å². The van der Waals surface area contributed by atoms with E-state index in [1.54, 1.807) is 0 Å². The number of alkyl halides is 9. The molecule has 0 spiro atoms. The first kappa shape index (κ1) is 24.2. The van der Waals surface area contributed by atoms with E-state index in [1.165, 1.54) is 0 Å². The van der Waals surface area contributed by atoms with Crippen molar-refractivity contribution in [3.05, 3.63) is 54.8 Å². The molecule has 0 unspecified atom stereocenters. The Morgan fingerprint density at radius 3 is 1.73 bits per heavy atom. The van der Waals surface area contributed by atoms with Gasteiger partial charge in [-0.25, -0.2) is 4.98 Å². The second-order valence-electron chi connectivity index (χ2n) is 5.45. The van der Waals surface area contributed by atoms with Gasteiger partial charge in [0.05, 0.1) is 25.8 Å². The highest BCUT2D eigenvalue weighted by Crippen LogP contribution is 2.48. The molecular formula is C15H6Br2F9N3O. The average Bonchev–Trinajstić information content (AvgIpc) is 2.55. The topological polar surface area (TPSA) is 46.9 Å². The van der Waals surface area contributed by atoms with Gasteiger partial charge >= 0.3 is 18.5 Å². The highest BCUT2D eigenvalue weighted by atomic mass is 79.9. The van der Waals surface area contributed by atoms with E-state index in [1.807, 2.05) is 5.32 Å². The summed E-state index contributed by atoms with van der Waals surface area (Å²) in [6.45, 7) is 3.16. The Labute approximate surface area is 177 Å². The summed E-state index contributed by atoms with van der Waals surface area (Å²) in [5.74, 6) is -1.02. The van der Waals surface area contributed by atoms with Crippen LogP contribution in [0.3, 0.4) is 0 Å². The highest BCUT2D eigenvalue weighted by Gasteiger charge is 2.42. The van der Waals surface area contributed by atoms with Gasteiger partial charge in [0, 0.05) is 12.3 Å². The van der Waals surface area contributed by atoms with Crippen molar-refractivity contribution in [2.75, 3.05) is 5.32 Å². The van der Waals surface area contributed by atoms with Crippen LogP contribution in [0.4, 0.5) is 51.1 Å². The van der Waals surface area contributed by atoms with Crippen molar-refractivity contribution in [1.29, 1.82) is 0 Å². The Hall–Kier alpha value is -2.03. The monoisotopic (exact) mass is 573 g/mol. The van der Waals surface area contributed by atoms with Crippen molar-refractivity contribution in [2.24, 2.45) is 0 Å². The van der Waals surface area contributed by atoms with Crippen molar-refractivity contribution in [3.63, 3.8) is 0 Å². The molecule has 0 saturated heterocycles. The molecule has 0 fully saturated rings. The third-order valence-electron chi connectivity index (χ3n) is 3.47. The van der Waals surface area contributed by atoms with Gasteiger partial charge in [-0.05, 0) is 37.9 Å². The van der Waals surface area contributed by atoms with E-state index >= 15 is 0 Å². The summed E-state index contributed by atoms with van der Waals surface area (Å²) < 4.78 is 117. The van der Waals surface area contributed by atoms with Crippen LogP contribution in [0.25, 0.3) is 6.20 Å². The van der Waals surface area contributed by atoms with Gasteiger partial charge < -0.3 is 5.32 Å². The largest absolute Gasteiger partial charge is 0.433 e. The Morgan fingerprint density at radius 1 is 0.900 bits per heavy atom. The quantitative estimate of drug-likeness (QED) is 0.417. The lowest BCUT2D eigenvalue weighted by Crippen LogP contribution is -2.24. The van der Waals surface area contributed by atoms with Crippen molar-refractivity contribution >= 4 is 49.7 Å². The molecule has 0 aliphatic heterocycles. The Bertz CT molecular complexity index is 1020. The number of rotatable bonds is 3. The average molecular weight is 575 g/mol. The molecule has 15 heteroatoms. The lowest BCUT2D eigenvalue weighted by Gasteiger charge is -2.21. The van der Waals surface area contributed by atoms with Crippen LogP contribution in [0.1, 0.15) is 16.8 Å². The maximum atomic E-state index is 13.2. The molecule has 2 aromatic rings. The van der Waals surface area contributed by atoms with E-state index in [2.05, 4.69) is 43.4 Å². The predicted octanol–water partition coefficient (Wildman–Crippen LogP) is 6.67. The van der Waals surface area contributed by atoms with Crippen LogP contribution in [0, 0.1) is 0 Å². The summed E-state index contributed by atoms with van der Waals surface area (Å²) in [6, 6.07) is -0.0935. The minimum Gasteiger partial charge on any atom is -0.323 e. The Kier molecular flexibility index (Phi) is 6.39. The molecule has 0 aliphatic rings. The number of benzene rings is 1. The van der Waals surface area contributed by atoms with Gasteiger partial charge in [0.1, 0.15) is 0 Å². The zero-order chi connectivity index (χ0) is 23.2. The Morgan fingerprint density at radius 2 is 1.37 bits per heavy atom. The van der Waals surface area contributed by atoms with Crippen molar-refractivity contribution in [2.45, 2.75) is 18.5 Å². The maximum absolute atomic E-state index is 13.2. The van der Waals surface area contributed by atoms with Crippen molar-refractivity contribution in [3.8, 4) is 0 Å². The molecule has 0 atom stereocenters. The molecule has 2 rings (SSSR count). The molecule has 1 N–H and O–H groups in total. The second kappa shape index (κ2) is 7.90. The lowest BCUT2D eigenvalue weighted by molar-refractivity contribution is -0.144. The van der Waals surface area contributed by atoms with Crippen LogP contribution >= 0.6 is 31.9 Å². The number of aromatic nitrogens is 2. The predicted molar refractivity (Wildman–Crippen MR) is 95.0 cm³/mol. The molecule has 4 nitrogen and oxygen atoms in total. The fourth-order valence-electron chi connectivity index (χ4n) is 2.17. The first-order valence-electron chi connectivity index (χ1n) is 7.25. The van der Waals surface area contributed by atoms with E-state index in [4.69, 9.17) is 0 Å². The third kappa shape index (κ3) is 4.82. The fraction of sp³-hybridized carbons (Fsp3) is 0.200. The van der Waals surface area contributed by atoms with Crippen LogP contribution < -0.4 is 10.9 Å². The van der Waals surface area contributed by atoms with Crippen LogP contribution in [-0.4, -0.2) is 9.55 Å². The second-order valence-corrected chi connectivity index (χ2v) is 7.03. The summed E-state index contributed by atoms with van der Waals surface area (Å²) in [6.07, 6.45) is -14.9. The van der Waals surface area contributed by atoms with Crippen LogP contribution in [-0.2, 0) is 18.5 Å². The Balaban J connectivity index is 2.85. The van der Waals surface area contributed by atoms with Crippen molar-refractivity contribution in [1.82, 2.24) is 9.55 Å². The molecule has 0 saturated carbocycles. The first-order valence-corrected chi connectivity index (χ1v) is 8.83. The summed E-state index contributed by atoms with van der Waals surface area (Å²) >= 11 is 5.01. The van der Waals surface area contributed by atoms with Gasteiger partial charge in [-0.1, -0.05) is 6.58 Å². The standard InChI is InChI=1S/C15H6Br2F9N3O/c1-2-29-8(30)4-7(15(24,25)26)27-12(29)28-11-9(16)5(13(18,19)20)3-6(10(11)17)14(21,22)23/h2-4H,1H2,(H,27,28). The van der Waals surface area contributed by atoms with Gasteiger partial charge in [-0.2, -0.15) is 39.5 Å². The minimum atomic E-state index is -5.25. The van der Waals surface area contributed by atoms with E-state index in [-0.39, 0.29) is 12.1 Å². The number of nitrogens with one attached hydrogen (secondary N) is 1. The summed E-state index contributed by atoms with van der Waals surface area (Å²) in [5, 5.41) is 1.93. The fourth-order valence-corrected chi connectivity index (χ4v) is 3.71. The molecule has 1 aromatic heterocycles. The molecule has 30 heavy (non-hydrogen) atoms. The van der Waals surface area contributed by atoms with E-state index in [0.717, 1.165) is 0 Å². The minimum absolute atomic E-state index is 0.0875. The van der Waals surface area contributed by atoms with Gasteiger partial charge in [0.15, 0.2) is 5.69 Å². The zero-order valence-corrected chi connectivity index (χ0v) is 17.1. The number of halogens is 11. The smallest absolute Gasteiger partial charge is 0.323 e. The van der Waals surface area contributed by atoms with Gasteiger partial charge in [-0.15, -0.1) is 0 Å². The number of hydrogen-bond acceptors (Lipinski definition) is 3. The summed E-state index contributed by atoms with van der Waals surface area (Å²) in [5.41, 5.74) is -7.53. The van der Waals surface area contributed by atoms with Crippen molar-refractivity contribution < 1.29 is 39.5 Å². The van der Waals surface area contributed by atoms with Gasteiger partial charge in [0.25, 0.3) is 5.56 Å². The van der Waals surface area contributed by atoms with E-state index < -0.39 is 61.5 Å². The molecular weight excluding hydrogens is 569 g/mol. The molecule has 1 heterocycles. The summed E-state index contributed by atoms with van der Waals surface area (Å²) in [4.78, 5) is 15.0. The number of hydrogen-bond donors (Lipinski definition) is 1. The molecule has 0 bridgehead atoms. The molecule has 0 aliphatic carbocycles. The number of anilines is 2. The molecule has 0 radical (unpaired) electrons. The first-order chi connectivity index (χ1) is 13.5. The normalized spacial score (nSPS) is 12.8. The third-order valence-corrected chi connectivity index (χ3v) is 5.12. The lowest BCUT2D eigenvalue weighted by atomic mass is 10.1. The highest BCUT2D eigenvalue weighted by molar-refractivity contribution is 9.11. The molecule has 164 valence electrons. The molecule has 0 amide bonds. The SMILES string of the molecule is C=Cn1c(Nc2c(Br)c(C(F)(F)F)cc(C(F)(F)F)c2Br)nc(C(F)(F)F)cc1=O. The maximum Gasteiger partial charge on any atom is 0.433 e. The summed E-state index contributed by atoms with van der Waals surface area (Å²) in [7, 11) is 0. The zero-order valence-electron chi connectivity index (χ0n) is 13.9. The van der Waals surface area contributed by atoms with E-state index in [0.29, 0.717) is 10.8 Å². The number of nitrogens with zero attached hydrogens (tertiary/aromatic N) is 2. The van der Waals surface area contributed by atoms with Crippen LogP contribution in [0.5, 0.6) is 0 Å². The molecule has 1 aromatic carbocycles. The van der Waals surface area contributed by atoms with Crippen LogP contribution in [0.15, 0.2) is 32.5 Å². The van der Waals surface area contributed by atoms with E-state index in [9.17, 15) is 44.3 Å². The van der Waals surface area contributed by atoms with Crippen LogP contribution in [0.2, 0.25) is 0 Å². The van der Waals surface area contributed by atoms with Gasteiger partial charge in [-0.3, -0.25) is 9.36 Å².